The molecular formula is C14H21N. The van der Waals surface area contributed by atoms with Crippen LogP contribution in [0.2, 0.25) is 0 Å². The van der Waals surface area contributed by atoms with Gasteiger partial charge in [-0.1, -0.05) is 32.0 Å². The van der Waals surface area contributed by atoms with Crippen molar-refractivity contribution in [2.45, 2.75) is 39.2 Å². The van der Waals surface area contributed by atoms with Crippen LogP contribution < -0.4 is 5.32 Å². The minimum atomic E-state index is 0.556. The van der Waals surface area contributed by atoms with Gasteiger partial charge in [-0.3, -0.25) is 0 Å². The van der Waals surface area contributed by atoms with Crippen LogP contribution in [-0.2, 0) is 12.8 Å². The lowest BCUT2D eigenvalue weighted by Crippen LogP contribution is -2.28. The van der Waals surface area contributed by atoms with Crippen molar-refractivity contribution in [3.05, 3.63) is 34.9 Å². The van der Waals surface area contributed by atoms with Crippen LogP contribution in [0, 0.1) is 5.92 Å². The molecule has 0 saturated carbocycles. The SMILES string of the molecule is CCc1ccc2c(c1)C(NC)C(C)CC2. The van der Waals surface area contributed by atoms with Crippen LogP contribution in [0.5, 0.6) is 0 Å². The van der Waals surface area contributed by atoms with Gasteiger partial charge in [0.15, 0.2) is 0 Å². The van der Waals surface area contributed by atoms with E-state index >= 15 is 0 Å². The van der Waals surface area contributed by atoms with Gasteiger partial charge in [-0.2, -0.15) is 0 Å². The Hall–Kier alpha value is -0.820. The van der Waals surface area contributed by atoms with Crippen molar-refractivity contribution < 1.29 is 0 Å². The van der Waals surface area contributed by atoms with Crippen LogP contribution in [0.15, 0.2) is 18.2 Å². The maximum Gasteiger partial charge on any atom is 0.0346 e. The molecule has 0 bridgehead atoms. The molecule has 0 heterocycles. The van der Waals surface area contributed by atoms with E-state index in [-0.39, 0.29) is 0 Å². The van der Waals surface area contributed by atoms with E-state index in [1.54, 1.807) is 5.56 Å². The second-order valence-corrected chi connectivity index (χ2v) is 4.67. The molecule has 1 aliphatic carbocycles. The average molecular weight is 203 g/mol. The van der Waals surface area contributed by atoms with Crippen LogP contribution >= 0.6 is 0 Å². The molecule has 1 aliphatic rings. The Labute approximate surface area is 92.9 Å². The second-order valence-electron chi connectivity index (χ2n) is 4.67. The van der Waals surface area contributed by atoms with Gasteiger partial charge in [-0.15, -0.1) is 0 Å². The maximum absolute atomic E-state index is 3.46. The van der Waals surface area contributed by atoms with E-state index in [1.165, 1.54) is 24.0 Å². The minimum absolute atomic E-state index is 0.556. The first-order chi connectivity index (χ1) is 7.26. The molecule has 2 atom stereocenters. The van der Waals surface area contributed by atoms with Crippen LogP contribution in [0.1, 0.15) is 43.0 Å². The maximum atomic E-state index is 3.46. The first kappa shape index (κ1) is 10.7. The van der Waals surface area contributed by atoms with Crippen LogP contribution in [0.25, 0.3) is 0 Å². The zero-order chi connectivity index (χ0) is 10.8. The molecule has 0 aromatic heterocycles. The number of aryl methyl sites for hydroxylation is 2. The Morgan fingerprint density at radius 3 is 2.87 bits per heavy atom. The fourth-order valence-electron chi connectivity index (χ4n) is 2.68. The molecule has 1 aromatic rings. The summed E-state index contributed by atoms with van der Waals surface area (Å²) in [5.74, 6) is 0.759. The summed E-state index contributed by atoms with van der Waals surface area (Å²) >= 11 is 0. The fourth-order valence-corrected chi connectivity index (χ4v) is 2.68. The largest absolute Gasteiger partial charge is 0.313 e. The van der Waals surface area contributed by atoms with Crippen molar-refractivity contribution in [1.82, 2.24) is 5.32 Å². The lowest BCUT2D eigenvalue weighted by Gasteiger charge is -2.31. The lowest BCUT2D eigenvalue weighted by molar-refractivity contribution is 0.364. The van der Waals surface area contributed by atoms with Crippen LogP contribution in [0.4, 0.5) is 0 Å². The van der Waals surface area contributed by atoms with E-state index in [4.69, 9.17) is 0 Å². The van der Waals surface area contributed by atoms with E-state index in [9.17, 15) is 0 Å². The number of hydrogen-bond donors (Lipinski definition) is 1. The van der Waals surface area contributed by atoms with Gasteiger partial charge in [0.1, 0.15) is 0 Å². The molecule has 0 spiro atoms. The van der Waals surface area contributed by atoms with Gasteiger partial charge >= 0.3 is 0 Å². The van der Waals surface area contributed by atoms with E-state index < -0.39 is 0 Å². The Morgan fingerprint density at radius 1 is 1.40 bits per heavy atom. The highest BCUT2D eigenvalue weighted by atomic mass is 14.9. The van der Waals surface area contributed by atoms with Crippen LogP contribution in [0.3, 0.4) is 0 Å². The summed E-state index contributed by atoms with van der Waals surface area (Å²) in [5, 5.41) is 3.46. The van der Waals surface area contributed by atoms with Gasteiger partial charge in [0.25, 0.3) is 0 Å². The molecule has 0 amide bonds. The molecule has 0 aliphatic heterocycles. The number of benzene rings is 1. The summed E-state index contributed by atoms with van der Waals surface area (Å²) in [5.41, 5.74) is 4.54. The molecule has 2 rings (SSSR count). The molecule has 0 radical (unpaired) electrons. The number of hydrogen-bond acceptors (Lipinski definition) is 1. The molecule has 2 unspecified atom stereocenters. The number of fused-ring (bicyclic) bond motifs is 1. The Kier molecular flexibility index (Phi) is 3.11. The summed E-state index contributed by atoms with van der Waals surface area (Å²) in [4.78, 5) is 0. The quantitative estimate of drug-likeness (QED) is 0.779. The third-order valence-electron chi connectivity index (χ3n) is 3.70. The van der Waals surface area contributed by atoms with Crippen molar-refractivity contribution in [2.24, 2.45) is 5.92 Å². The first-order valence-electron chi connectivity index (χ1n) is 6.05. The molecule has 1 aromatic carbocycles. The zero-order valence-electron chi connectivity index (χ0n) is 10.0. The van der Waals surface area contributed by atoms with Gasteiger partial charge in [-0.25, -0.2) is 0 Å². The van der Waals surface area contributed by atoms with Crippen molar-refractivity contribution in [3.63, 3.8) is 0 Å². The van der Waals surface area contributed by atoms with E-state index in [1.807, 2.05) is 0 Å². The lowest BCUT2D eigenvalue weighted by atomic mass is 9.80. The first-order valence-corrected chi connectivity index (χ1v) is 6.05. The molecular weight excluding hydrogens is 182 g/mol. The molecule has 15 heavy (non-hydrogen) atoms. The van der Waals surface area contributed by atoms with E-state index in [0.717, 1.165) is 12.3 Å². The summed E-state index contributed by atoms with van der Waals surface area (Å²) in [6.07, 6.45) is 3.70. The zero-order valence-corrected chi connectivity index (χ0v) is 10.0. The topological polar surface area (TPSA) is 12.0 Å². The summed E-state index contributed by atoms with van der Waals surface area (Å²) in [6, 6.07) is 7.55. The van der Waals surface area contributed by atoms with E-state index in [0.29, 0.717) is 6.04 Å². The van der Waals surface area contributed by atoms with Gasteiger partial charge in [0.05, 0.1) is 0 Å². The van der Waals surface area contributed by atoms with Gasteiger partial charge in [-0.05, 0) is 48.9 Å². The Bertz CT molecular complexity index is 343. The molecule has 0 fully saturated rings. The van der Waals surface area contributed by atoms with Gasteiger partial charge < -0.3 is 5.32 Å². The van der Waals surface area contributed by atoms with Crippen molar-refractivity contribution in [2.75, 3.05) is 7.05 Å². The highest BCUT2D eigenvalue weighted by Gasteiger charge is 2.24. The molecule has 82 valence electrons. The van der Waals surface area contributed by atoms with Gasteiger partial charge in [0, 0.05) is 6.04 Å². The highest BCUT2D eigenvalue weighted by Crippen LogP contribution is 2.34. The predicted molar refractivity (Wildman–Crippen MR) is 65.1 cm³/mol. The Morgan fingerprint density at radius 2 is 2.20 bits per heavy atom. The molecule has 1 N–H and O–H groups in total. The molecule has 1 nitrogen and oxygen atoms in total. The Balaban J connectivity index is 2.41. The fraction of sp³-hybridized carbons (Fsp3) is 0.571. The van der Waals surface area contributed by atoms with Crippen LogP contribution in [-0.4, -0.2) is 7.05 Å². The number of nitrogens with one attached hydrogen (secondary N) is 1. The molecule has 1 heteroatoms. The third-order valence-corrected chi connectivity index (χ3v) is 3.70. The standard InChI is InChI=1S/C14H21N/c1-4-11-6-8-12-7-5-10(2)14(15-3)13(12)9-11/h6,8-10,14-15H,4-5,7H2,1-3H3. The van der Waals surface area contributed by atoms with E-state index in [2.05, 4.69) is 44.4 Å². The van der Waals surface area contributed by atoms with Crippen molar-refractivity contribution in [3.8, 4) is 0 Å². The average Bonchev–Trinajstić information content (AvgIpc) is 2.28. The normalized spacial score (nSPS) is 25.0. The predicted octanol–water partition coefficient (Wildman–Crippen LogP) is 3.09. The van der Waals surface area contributed by atoms with Crippen molar-refractivity contribution in [1.29, 1.82) is 0 Å². The summed E-state index contributed by atoms with van der Waals surface area (Å²) < 4.78 is 0. The smallest absolute Gasteiger partial charge is 0.0346 e. The third kappa shape index (κ3) is 1.93. The van der Waals surface area contributed by atoms with Crippen molar-refractivity contribution >= 4 is 0 Å². The summed E-state index contributed by atoms with van der Waals surface area (Å²) in [6.45, 7) is 4.57. The summed E-state index contributed by atoms with van der Waals surface area (Å²) in [7, 11) is 2.08. The highest BCUT2D eigenvalue weighted by molar-refractivity contribution is 5.36. The minimum Gasteiger partial charge on any atom is -0.313 e. The number of rotatable bonds is 2. The monoisotopic (exact) mass is 203 g/mol. The van der Waals surface area contributed by atoms with Gasteiger partial charge in [0.2, 0.25) is 0 Å². The molecule has 0 saturated heterocycles. The second kappa shape index (κ2) is 4.36.